The Morgan fingerprint density at radius 1 is 0.586 bits per heavy atom. The van der Waals surface area contributed by atoms with E-state index in [1.165, 1.54) is 32.1 Å². The molecule has 0 aliphatic carbocycles. The van der Waals surface area contributed by atoms with E-state index in [0.29, 0.717) is 32.0 Å². The number of ether oxygens (including phenoxy) is 2. The van der Waals surface area contributed by atoms with Crippen LogP contribution in [-0.2, 0) is 19.1 Å². The Bertz CT molecular complexity index is 381. The predicted molar refractivity (Wildman–Crippen MR) is 121 cm³/mol. The average Bonchev–Trinajstić information content (AvgIpc) is 2.72. The highest BCUT2D eigenvalue weighted by Crippen LogP contribution is 2.20. The van der Waals surface area contributed by atoms with E-state index in [1.54, 1.807) is 0 Å². The first-order valence-corrected chi connectivity index (χ1v) is 12.4. The third kappa shape index (κ3) is 20.0. The van der Waals surface area contributed by atoms with Gasteiger partial charge in [0.1, 0.15) is 0 Å². The summed E-state index contributed by atoms with van der Waals surface area (Å²) in [5.41, 5.74) is 0. The normalized spacial score (nSPS) is 12.0. The quantitative estimate of drug-likeness (QED) is 0.146. The molecule has 0 N–H and O–H groups in total. The van der Waals surface area contributed by atoms with Crippen LogP contribution in [0.4, 0.5) is 0 Å². The fourth-order valence-electron chi connectivity index (χ4n) is 3.50. The van der Waals surface area contributed by atoms with Gasteiger partial charge in [-0.1, -0.05) is 91.4 Å². The smallest absolute Gasteiger partial charge is 0.305 e. The lowest BCUT2D eigenvalue weighted by atomic mass is 9.93. The molecule has 0 saturated heterocycles. The van der Waals surface area contributed by atoms with Gasteiger partial charge in [-0.05, 0) is 31.6 Å². The highest BCUT2D eigenvalue weighted by atomic mass is 16.5. The summed E-state index contributed by atoms with van der Waals surface area (Å²) in [6, 6.07) is 0. The Balaban J connectivity index is 3.50. The van der Waals surface area contributed by atoms with Gasteiger partial charge in [0.2, 0.25) is 0 Å². The molecule has 0 aromatic heterocycles. The molecule has 0 radical (unpaired) electrons. The molecule has 0 amide bonds. The number of unbranched alkanes of at least 4 members (excludes halogenated alkanes) is 9. The minimum absolute atomic E-state index is 0.0246. The Labute approximate surface area is 180 Å². The molecule has 29 heavy (non-hydrogen) atoms. The third-order valence-corrected chi connectivity index (χ3v) is 5.60. The molecule has 4 heteroatoms. The number of carbonyl (C=O) groups is 2. The lowest BCUT2D eigenvalue weighted by molar-refractivity contribution is -0.145. The summed E-state index contributed by atoms with van der Waals surface area (Å²) >= 11 is 0. The minimum atomic E-state index is -0.0317. The molecule has 0 aromatic rings. The fourth-order valence-corrected chi connectivity index (χ4v) is 3.50. The number of hydrogen-bond donors (Lipinski definition) is 0. The Kier molecular flexibility index (Phi) is 20.9. The zero-order valence-corrected chi connectivity index (χ0v) is 19.6. The Morgan fingerprint density at radius 3 is 1.66 bits per heavy atom. The van der Waals surface area contributed by atoms with Crippen LogP contribution in [0.5, 0.6) is 0 Å². The van der Waals surface area contributed by atoms with Crippen molar-refractivity contribution in [3.8, 4) is 0 Å². The molecule has 1 unspecified atom stereocenters. The predicted octanol–water partition coefficient (Wildman–Crippen LogP) is 7.38. The highest BCUT2D eigenvalue weighted by molar-refractivity contribution is 5.69. The lowest BCUT2D eigenvalue weighted by Gasteiger charge is -2.14. The molecule has 0 aliphatic heterocycles. The lowest BCUT2D eigenvalue weighted by Crippen LogP contribution is -2.09. The van der Waals surface area contributed by atoms with Crippen molar-refractivity contribution in [3.63, 3.8) is 0 Å². The second-order valence-corrected chi connectivity index (χ2v) is 8.33. The van der Waals surface area contributed by atoms with Gasteiger partial charge in [-0.3, -0.25) is 9.59 Å². The minimum Gasteiger partial charge on any atom is -0.466 e. The maximum Gasteiger partial charge on any atom is 0.305 e. The van der Waals surface area contributed by atoms with Gasteiger partial charge < -0.3 is 9.47 Å². The van der Waals surface area contributed by atoms with Crippen LogP contribution in [0.3, 0.4) is 0 Å². The Hall–Kier alpha value is -1.06. The van der Waals surface area contributed by atoms with Crippen LogP contribution in [0.2, 0.25) is 0 Å². The van der Waals surface area contributed by atoms with Crippen LogP contribution in [0, 0.1) is 5.92 Å². The molecular weight excluding hydrogens is 364 g/mol. The molecule has 0 fully saturated rings. The first-order valence-electron chi connectivity index (χ1n) is 12.4. The van der Waals surface area contributed by atoms with Crippen molar-refractivity contribution in [2.24, 2.45) is 5.92 Å². The number of hydrogen-bond acceptors (Lipinski definition) is 4. The SMILES string of the molecule is CCCCCOC(=O)CCCCCCCCC(CC)CCC(=O)OCCCCC. The second-order valence-electron chi connectivity index (χ2n) is 8.33. The van der Waals surface area contributed by atoms with Gasteiger partial charge in [-0.15, -0.1) is 0 Å². The maximum absolute atomic E-state index is 11.8. The van der Waals surface area contributed by atoms with Gasteiger partial charge in [0.25, 0.3) is 0 Å². The van der Waals surface area contributed by atoms with Crippen LogP contribution < -0.4 is 0 Å². The second kappa shape index (κ2) is 21.6. The topological polar surface area (TPSA) is 52.6 Å². The van der Waals surface area contributed by atoms with Gasteiger partial charge in [-0.2, -0.15) is 0 Å². The zero-order valence-electron chi connectivity index (χ0n) is 19.6. The monoisotopic (exact) mass is 412 g/mol. The standard InChI is InChI=1S/C25H48O4/c1-4-7-15-21-28-24(26)18-14-12-10-9-11-13-17-23(6-3)19-20-25(27)29-22-16-8-5-2/h23H,4-22H2,1-3H3. The summed E-state index contributed by atoms with van der Waals surface area (Å²) in [6.45, 7) is 7.69. The van der Waals surface area contributed by atoms with Crippen molar-refractivity contribution >= 4 is 11.9 Å². The van der Waals surface area contributed by atoms with Crippen molar-refractivity contribution < 1.29 is 19.1 Å². The van der Waals surface area contributed by atoms with Crippen LogP contribution in [0.15, 0.2) is 0 Å². The van der Waals surface area contributed by atoms with Gasteiger partial charge in [0.05, 0.1) is 13.2 Å². The van der Waals surface area contributed by atoms with Crippen molar-refractivity contribution in [1.82, 2.24) is 0 Å². The van der Waals surface area contributed by atoms with Gasteiger partial charge in [0, 0.05) is 12.8 Å². The van der Waals surface area contributed by atoms with Crippen LogP contribution in [0.1, 0.15) is 130 Å². The van der Waals surface area contributed by atoms with Crippen molar-refractivity contribution in [3.05, 3.63) is 0 Å². The molecular formula is C25H48O4. The molecule has 0 aromatic carbocycles. The summed E-state index contributed by atoms with van der Waals surface area (Å²) in [5.74, 6) is 0.583. The molecule has 1 atom stereocenters. The largest absolute Gasteiger partial charge is 0.466 e. The summed E-state index contributed by atoms with van der Waals surface area (Å²) in [7, 11) is 0. The van der Waals surface area contributed by atoms with E-state index in [1.807, 2.05) is 0 Å². The molecule has 0 spiro atoms. The van der Waals surface area contributed by atoms with Crippen LogP contribution >= 0.6 is 0 Å². The van der Waals surface area contributed by atoms with E-state index in [-0.39, 0.29) is 11.9 Å². The molecule has 4 nitrogen and oxygen atoms in total. The molecule has 172 valence electrons. The molecule has 0 rings (SSSR count). The summed E-state index contributed by atoms with van der Waals surface area (Å²) in [5, 5.41) is 0. The Morgan fingerprint density at radius 2 is 1.10 bits per heavy atom. The molecule has 0 aliphatic rings. The first-order chi connectivity index (χ1) is 14.1. The zero-order chi connectivity index (χ0) is 21.6. The van der Waals surface area contributed by atoms with E-state index in [4.69, 9.17) is 9.47 Å². The maximum atomic E-state index is 11.8. The van der Waals surface area contributed by atoms with E-state index in [0.717, 1.165) is 64.2 Å². The van der Waals surface area contributed by atoms with Crippen molar-refractivity contribution in [1.29, 1.82) is 0 Å². The molecule has 0 saturated carbocycles. The molecule has 0 heterocycles. The van der Waals surface area contributed by atoms with Crippen LogP contribution in [-0.4, -0.2) is 25.2 Å². The van der Waals surface area contributed by atoms with E-state index >= 15 is 0 Å². The van der Waals surface area contributed by atoms with E-state index < -0.39 is 0 Å². The van der Waals surface area contributed by atoms with Crippen LogP contribution in [0.25, 0.3) is 0 Å². The van der Waals surface area contributed by atoms with Gasteiger partial charge >= 0.3 is 11.9 Å². The highest BCUT2D eigenvalue weighted by Gasteiger charge is 2.10. The van der Waals surface area contributed by atoms with Crippen molar-refractivity contribution in [2.75, 3.05) is 13.2 Å². The fraction of sp³-hybridized carbons (Fsp3) is 0.920. The third-order valence-electron chi connectivity index (χ3n) is 5.60. The van der Waals surface area contributed by atoms with Gasteiger partial charge in [-0.25, -0.2) is 0 Å². The van der Waals surface area contributed by atoms with Gasteiger partial charge in [0.15, 0.2) is 0 Å². The summed E-state index contributed by atoms with van der Waals surface area (Å²) in [6.07, 6.45) is 18.0. The van der Waals surface area contributed by atoms with E-state index in [9.17, 15) is 9.59 Å². The average molecular weight is 413 g/mol. The number of esters is 2. The number of rotatable bonds is 21. The first kappa shape index (κ1) is 27.9. The summed E-state index contributed by atoms with van der Waals surface area (Å²) < 4.78 is 10.5. The number of carbonyl (C=O) groups excluding carboxylic acids is 2. The molecule has 0 bridgehead atoms. The van der Waals surface area contributed by atoms with Crippen molar-refractivity contribution in [2.45, 2.75) is 130 Å². The van der Waals surface area contributed by atoms with E-state index in [2.05, 4.69) is 20.8 Å². The summed E-state index contributed by atoms with van der Waals surface area (Å²) in [4.78, 5) is 23.4.